The van der Waals surface area contributed by atoms with Gasteiger partial charge in [-0.15, -0.1) is 6.42 Å². The molecule has 3 N–H and O–H groups in total. The molecule has 0 aliphatic carbocycles. The molecule has 0 fully saturated rings. The van der Waals surface area contributed by atoms with Crippen LogP contribution in [0.5, 0.6) is 0 Å². The van der Waals surface area contributed by atoms with Gasteiger partial charge in [0.25, 0.3) is 0 Å². The van der Waals surface area contributed by atoms with E-state index in [1.165, 1.54) is 0 Å². The fourth-order valence-corrected chi connectivity index (χ4v) is 1.91. The Hall–Kier alpha value is -2.32. The van der Waals surface area contributed by atoms with Crippen LogP contribution >= 0.6 is 0 Å². The lowest BCUT2D eigenvalue weighted by Gasteiger charge is -2.24. The van der Waals surface area contributed by atoms with Crippen LogP contribution in [0.4, 0.5) is 5.69 Å². The van der Waals surface area contributed by atoms with Gasteiger partial charge in [-0.3, -0.25) is 9.59 Å². The second-order valence-corrected chi connectivity index (χ2v) is 6.29. The zero-order valence-electron chi connectivity index (χ0n) is 13.8. The molecule has 2 amide bonds. The van der Waals surface area contributed by atoms with Gasteiger partial charge >= 0.3 is 11.8 Å². The molecule has 0 aliphatic heterocycles. The number of anilines is 1. The highest BCUT2D eigenvalue weighted by Crippen LogP contribution is 2.15. The summed E-state index contributed by atoms with van der Waals surface area (Å²) in [4.78, 5) is 23.7. The maximum atomic E-state index is 11.8. The minimum atomic E-state index is -1.04. The number of terminal acetylenes is 1. The van der Waals surface area contributed by atoms with Gasteiger partial charge < -0.3 is 15.7 Å². The first-order chi connectivity index (χ1) is 10.7. The second-order valence-electron chi connectivity index (χ2n) is 6.29. The highest BCUT2D eigenvalue weighted by atomic mass is 16.3. The molecule has 0 aromatic heterocycles. The van der Waals surface area contributed by atoms with Gasteiger partial charge in [0, 0.05) is 17.8 Å². The smallest absolute Gasteiger partial charge is 0.313 e. The van der Waals surface area contributed by atoms with Gasteiger partial charge in [0.2, 0.25) is 0 Å². The fraction of sp³-hybridized carbons (Fsp3) is 0.444. The molecule has 0 aliphatic rings. The number of aliphatic hydroxyl groups is 1. The third-order valence-electron chi connectivity index (χ3n) is 3.38. The number of nitrogens with one attached hydrogen (secondary N) is 2. The Morgan fingerprint density at radius 2 is 2.04 bits per heavy atom. The van der Waals surface area contributed by atoms with Crippen molar-refractivity contribution >= 4 is 17.5 Å². The third-order valence-corrected chi connectivity index (χ3v) is 3.38. The van der Waals surface area contributed by atoms with Crippen molar-refractivity contribution in [2.45, 2.75) is 39.2 Å². The van der Waals surface area contributed by atoms with Crippen molar-refractivity contribution in [1.82, 2.24) is 5.32 Å². The van der Waals surface area contributed by atoms with E-state index < -0.39 is 17.4 Å². The lowest BCUT2D eigenvalue weighted by Crippen LogP contribution is -2.44. The number of carbonyl (C=O) groups excluding carboxylic acids is 2. The van der Waals surface area contributed by atoms with Crippen molar-refractivity contribution in [3.63, 3.8) is 0 Å². The summed E-state index contributed by atoms with van der Waals surface area (Å²) in [6.07, 6.45) is 6.68. The Kier molecular flexibility index (Phi) is 6.80. The molecule has 0 radical (unpaired) electrons. The Balaban J connectivity index is 2.51. The Bertz CT molecular complexity index is 601. The minimum Gasteiger partial charge on any atom is -0.388 e. The van der Waals surface area contributed by atoms with Crippen molar-refractivity contribution in [3.8, 4) is 12.3 Å². The van der Waals surface area contributed by atoms with E-state index >= 15 is 0 Å². The molecule has 5 nitrogen and oxygen atoms in total. The summed E-state index contributed by atoms with van der Waals surface area (Å²) < 4.78 is 0. The largest absolute Gasteiger partial charge is 0.388 e. The second kappa shape index (κ2) is 8.35. The monoisotopic (exact) mass is 316 g/mol. The van der Waals surface area contributed by atoms with Gasteiger partial charge in [-0.25, -0.2) is 0 Å². The summed E-state index contributed by atoms with van der Waals surface area (Å²) in [6, 6.07) is 6.66. The van der Waals surface area contributed by atoms with E-state index in [0.29, 0.717) is 23.6 Å². The number of carbonyl (C=O) groups is 2. The van der Waals surface area contributed by atoms with Gasteiger partial charge in [0.15, 0.2) is 0 Å². The third kappa shape index (κ3) is 6.98. The van der Waals surface area contributed by atoms with Crippen LogP contribution in [-0.2, 0) is 9.59 Å². The van der Waals surface area contributed by atoms with Crippen LogP contribution in [0.15, 0.2) is 24.3 Å². The molecular weight excluding hydrogens is 292 g/mol. The topological polar surface area (TPSA) is 78.4 Å². The highest BCUT2D eigenvalue weighted by Gasteiger charge is 2.23. The molecule has 0 spiro atoms. The molecule has 124 valence electrons. The summed E-state index contributed by atoms with van der Waals surface area (Å²) in [7, 11) is 0. The van der Waals surface area contributed by atoms with Gasteiger partial charge in [0.1, 0.15) is 0 Å². The predicted octanol–water partition coefficient (Wildman–Crippen LogP) is 1.91. The van der Waals surface area contributed by atoms with E-state index in [1.54, 1.807) is 31.2 Å². The summed E-state index contributed by atoms with van der Waals surface area (Å²) in [5.74, 6) is 1.33. The molecule has 5 heteroatoms. The van der Waals surface area contributed by atoms with Gasteiger partial charge in [-0.2, -0.15) is 0 Å². The molecule has 0 heterocycles. The average Bonchev–Trinajstić information content (AvgIpc) is 2.51. The zero-order valence-corrected chi connectivity index (χ0v) is 13.8. The number of rotatable bonds is 6. The van der Waals surface area contributed by atoms with Gasteiger partial charge in [-0.1, -0.05) is 25.8 Å². The molecule has 1 rings (SSSR count). The lowest BCUT2D eigenvalue weighted by atomic mass is 9.95. The van der Waals surface area contributed by atoms with E-state index in [-0.39, 0.29) is 6.54 Å². The Morgan fingerprint density at radius 3 is 2.65 bits per heavy atom. The molecule has 0 bridgehead atoms. The van der Waals surface area contributed by atoms with Crippen LogP contribution in [-0.4, -0.2) is 29.1 Å². The molecule has 0 saturated heterocycles. The minimum absolute atomic E-state index is 0.0242. The van der Waals surface area contributed by atoms with Crippen LogP contribution in [0.3, 0.4) is 0 Å². The van der Waals surface area contributed by atoms with Gasteiger partial charge in [0.05, 0.1) is 5.60 Å². The van der Waals surface area contributed by atoms with Crippen LogP contribution in [0.25, 0.3) is 0 Å². The van der Waals surface area contributed by atoms with Crippen molar-refractivity contribution < 1.29 is 14.7 Å². The molecular formula is C18H24N2O3. The molecule has 1 atom stereocenters. The van der Waals surface area contributed by atoms with Crippen molar-refractivity contribution in [2.75, 3.05) is 11.9 Å². The first kappa shape index (κ1) is 18.7. The number of hydrogen-bond donors (Lipinski definition) is 3. The summed E-state index contributed by atoms with van der Waals surface area (Å²) in [5, 5.41) is 15.1. The maximum Gasteiger partial charge on any atom is 0.313 e. The maximum absolute atomic E-state index is 11.8. The summed E-state index contributed by atoms with van der Waals surface area (Å²) in [5.41, 5.74) is 0.0239. The average molecular weight is 316 g/mol. The van der Waals surface area contributed by atoms with Crippen LogP contribution in [0.2, 0.25) is 0 Å². The summed E-state index contributed by atoms with van der Waals surface area (Å²) >= 11 is 0. The summed E-state index contributed by atoms with van der Waals surface area (Å²) in [6.45, 7) is 5.79. The highest BCUT2D eigenvalue weighted by molar-refractivity contribution is 6.39. The quantitative estimate of drug-likeness (QED) is 0.554. The number of amides is 2. The van der Waals surface area contributed by atoms with Crippen LogP contribution in [0, 0.1) is 18.3 Å². The van der Waals surface area contributed by atoms with E-state index in [1.807, 2.05) is 0 Å². The fourth-order valence-electron chi connectivity index (χ4n) is 1.91. The molecule has 1 aromatic carbocycles. The zero-order chi connectivity index (χ0) is 17.5. The van der Waals surface area contributed by atoms with Crippen molar-refractivity contribution in [3.05, 3.63) is 29.8 Å². The molecule has 23 heavy (non-hydrogen) atoms. The SMILES string of the molecule is C#Cc1cccc(NC(=O)C(=O)NCC(C)(O)CCC(C)C)c1. The normalized spacial score (nSPS) is 13.0. The number of benzene rings is 1. The number of hydrogen-bond acceptors (Lipinski definition) is 3. The Morgan fingerprint density at radius 1 is 1.35 bits per heavy atom. The van der Waals surface area contributed by atoms with E-state index in [0.717, 1.165) is 6.42 Å². The Labute approximate surface area is 137 Å². The molecule has 1 unspecified atom stereocenters. The van der Waals surface area contributed by atoms with E-state index in [9.17, 15) is 14.7 Å². The standard InChI is InChI=1S/C18H24N2O3/c1-5-14-7-6-8-15(11-14)20-17(22)16(21)19-12-18(4,23)10-9-13(2)3/h1,6-8,11,13,23H,9-10,12H2,2-4H3,(H,19,21)(H,20,22). The van der Waals surface area contributed by atoms with Crippen molar-refractivity contribution in [1.29, 1.82) is 0 Å². The predicted molar refractivity (Wildman–Crippen MR) is 90.7 cm³/mol. The molecule has 1 aromatic rings. The lowest BCUT2D eigenvalue weighted by molar-refractivity contribution is -0.136. The van der Waals surface area contributed by atoms with Crippen molar-refractivity contribution in [2.24, 2.45) is 5.92 Å². The van der Waals surface area contributed by atoms with E-state index in [2.05, 4.69) is 30.4 Å². The van der Waals surface area contributed by atoms with Crippen LogP contribution < -0.4 is 10.6 Å². The van der Waals surface area contributed by atoms with Crippen LogP contribution in [0.1, 0.15) is 39.2 Å². The first-order valence-corrected chi connectivity index (χ1v) is 7.62. The first-order valence-electron chi connectivity index (χ1n) is 7.62. The van der Waals surface area contributed by atoms with Gasteiger partial charge in [-0.05, 0) is 43.9 Å². The van der Waals surface area contributed by atoms with E-state index in [4.69, 9.17) is 6.42 Å². The molecule has 0 saturated carbocycles.